The van der Waals surface area contributed by atoms with E-state index in [1.165, 1.54) is 35.6 Å². The van der Waals surface area contributed by atoms with Crippen molar-refractivity contribution in [3.05, 3.63) is 58.0 Å². The molecule has 3 rings (SSSR count). The lowest BCUT2D eigenvalue weighted by molar-refractivity contribution is -0.131. The third-order valence-corrected chi connectivity index (χ3v) is 4.91. The minimum absolute atomic E-state index is 0.112. The summed E-state index contributed by atoms with van der Waals surface area (Å²) >= 11 is 1.25. The van der Waals surface area contributed by atoms with Gasteiger partial charge < -0.3 is 10.1 Å². The second-order valence-corrected chi connectivity index (χ2v) is 6.75. The van der Waals surface area contributed by atoms with E-state index in [2.05, 4.69) is 5.32 Å². The molecule has 1 amide bonds. The van der Waals surface area contributed by atoms with Crippen LogP contribution in [0.25, 0.3) is 0 Å². The quantitative estimate of drug-likeness (QED) is 0.836. The molecule has 1 aliphatic rings. The van der Waals surface area contributed by atoms with Gasteiger partial charge in [0.1, 0.15) is 10.7 Å². The van der Waals surface area contributed by atoms with E-state index in [9.17, 15) is 14.0 Å². The Hall–Kier alpha value is -2.21. The summed E-state index contributed by atoms with van der Waals surface area (Å²) < 4.78 is 18.6. The van der Waals surface area contributed by atoms with E-state index in [4.69, 9.17) is 4.74 Å². The Kier molecular flexibility index (Phi) is 5.25. The Bertz CT molecular complexity index is 694. The van der Waals surface area contributed by atoms with Gasteiger partial charge in [-0.3, -0.25) is 4.79 Å². The number of halogens is 1. The fourth-order valence-electron chi connectivity index (χ4n) is 2.82. The van der Waals surface area contributed by atoms with Crippen molar-refractivity contribution in [3.8, 4) is 0 Å². The van der Waals surface area contributed by atoms with Crippen LogP contribution in [0.1, 0.15) is 47.0 Å². The minimum Gasteiger partial charge on any atom is -0.443 e. The summed E-state index contributed by atoms with van der Waals surface area (Å²) in [6.45, 7) is 0. The Balaban J connectivity index is 1.78. The average Bonchev–Trinajstić information content (AvgIpc) is 3.27. The van der Waals surface area contributed by atoms with Crippen molar-refractivity contribution in [2.24, 2.45) is 0 Å². The normalized spacial score (nSPS) is 15.9. The lowest BCUT2D eigenvalue weighted by Gasteiger charge is -2.20. The number of amides is 1. The molecule has 1 fully saturated rings. The molecule has 24 heavy (non-hydrogen) atoms. The maximum Gasteiger partial charge on any atom is 0.349 e. The zero-order valence-corrected chi connectivity index (χ0v) is 13.9. The van der Waals surface area contributed by atoms with Gasteiger partial charge in [0.15, 0.2) is 0 Å². The van der Waals surface area contributed by atoms with Gasteiger partial charge in [0, 0.05) is 11.6 Å². The van der Waals surface area contributed by atoms with Gasteiger partial charge in [-0.2, -0.15) is 0 Å². The summed E-state index contributed by atoms with van der Waals surface area (Å²) in [4.78, 5) is 25.3. The first-order valence-corrected chi connectivity index (χ1v) is 8.82. The first-order valence-electron chi connectivity index (χ1n) is 7.94. The van der Waals surface area contributed by atoms with Crippen molar-refractivity contribution in [2.75, 3.05) is 0 Å². The molecule has 1 N–H and O–H groups in total. The summed E-state index contributed by atoms with van der Waals surface area (Å²) in [6.07, 6.45) is 2.95. The van der Waals surface area contributed by atoms with Gasteiger partial charge in [-0.1, -0.05) is 31.0 Å². The van der Waals surface area contributed by atoms with Crippen molar-refractivity contribution in [3.63, 3.8) is 0 Å². The number of thiophene rings is 1. The molecule has 0 bridgehead atoms. The van der Waals surface area contributed by atoms with Crippen LogP contribution < -0.4 is 5.32 Å². The maximum absolute atomic E-state index is 13.2. The zero-order valence-electron chi connectivity index (χ0n) is 13.0. The summed E-state index contributed by atoms with van der Waals surface area (Å²) in [6, 6.07) is 8.94. The van der Waals surface area contributed by atoms with Gasteiger partial charge in [0.05, 0.1) is 0 Å². The lowest BCUT2D eigenvalue weighted by Crippen LogP contribution is -2.38. The Morgan fingerprint density at radius 3 is 2.50 bits per heavy atom. The Morgan fingerprint density at radius 2 is 1.88 bits per heavy atom. The molecule has 0 spiro atoms. The topological polar surface area (TPSA) is 55.4 Å². The van der Waals surface area contributed by atoms with Crippen LogP contribution in [0.3, 0.4) is 0 Å². The van der Waals surface area contributed by atoms with Crippen molar-refractivity contribution in [1.82, 2.24) is 5.32 Å². The molecular weight excluding hydrogens is 329 g/mol. The standard InChI is InChI=1S/C18H18FNO3S/c19-13-9-7-12(8-10-13)16(17(21)20-14-4-1-2-5-14)23-18(22)15-6-3-11-24-15/h3,6-11,14,16H,1-2,4-5H2,(H,20,21)/t16-/m1/s1. The van der Waals surface area contributed by atoms with E-state index in [1.807, 2.05) is 0 Å². The summed E-state index contributed by atoms with van der Waals surface area (Å²) in [7, 11) is 0. The molecule has 0 saturated heterocycles. The van der Waals surface area contributed by atoms with Crippen LogP contribution in [0.4, 0.5) is 4.39 Å². The van der Waals surface area contributed by atoms with Crippen molar-refractivity contribution >= 4 is 23.2 Å². The number of ether oxygens (including phenoxy) is 1. The molecule has 0 unspecified atom stereocenters. The number of hydrogen-bond acceptors (Lipinski definition) is 4. The number of benzene rings is 1. The number of carbonyl (C=O) groups excluding carboxylic acids is 2. The van der Waals surface area contributed by atoms with E-state index in [0.717, 1.165) is 25.7 Å². The van der Waals surface area contributed by atoms with Crippen LogP contribution in [-0.4, -0.2) is 17.9 Å². The molecule has 1 aromatic carbocycles. The number of rotatable bonds is 5. The number of nitrogens with one attached hydrogen (secondary N) is 1. The molecule has 0 aliphatic heterocycles. The molecule has 2 aromatic rings. The SMILES string of the molecule is O=C(O[C@@H](C(=O)NC1CCCC1)c1ccc(F)cc1)c1cccs1. The van der Waals surface area contributed by atoms with Crippen LogP contribution in [-0.2, 0) is 9.53 Å². The molecule has 4 nitrogen and oxygen atoms in total. The molecule has 126 valence electrons. The summed E-state index contributed by atoms with van der Waals surface area (Å²) in [5.41, 5.74) is 0.455. The third kappa shape index (κ3) is 4.00. The van der Waals surface area contributed by atoms with Crippen molar-refractivity contribution in [1.29, 1.82) is 0 Å². The van der Waals surface area contributed by atoms with Crippen molar-refractivity contribution in [2.45, 2.75) is 37.8 Å². The first-order chi connectivity index (χ1) is 11.6. The van der Waals surface area contributed by atoms with Gasteiger partial charge in [-0.25, -0.2) is 9.18 Å². The van der Waals surface area contributed by atoms with Crippen LogP contribution in [0.15, 0.2) is 41.8 Å². The maximum atomic E-state index is 13.2. The van der Waals surface area contributed by atoms with Crippen LogP contribution in [0.5, 0.6) is 0 Å². The molecule has 6 heteroatoms. The highest BCUT2D eigenvalue weighted by Crippen LogP contribution is 2.24. The third-order valence-electron chi connectivity index (χ3n) is 4.06. The Morgan fingerprint density at radius 1 is 1.17 bits per heavy atom. The van der Waals surface area contributed by atoms with Gasteiger partial charge in [0.25, 0.3) is 5.91 Å². The van der Waals surface area contributed by atoms with Gasteiger partial charge >= 0.3 is 5.97 Å². The molecule has 1 aromatic heterocycles. The molecule has 0 radical (unpaired) electrons. The van der Waals surface area contributed by atoms with E-state index >= 15 is 0 Å². The highest BCUT2D eigenvalue weighted by Gasteiger charge is 2.28. The van der Waals surface area contributed by atoms with E-state index in [1.54, 1.807) is 17.5 Å². The van der Waals surface area contributed by atoms with Gasteiger partial charge in [0.2, 0.25) is 6.10 Å². The zero-order chi connectivity index (χ0) is 16.9. The monoisotopic (exact) mass is 347 g/mol. The second-order valence-electron chi connectivity index (χ2n) is 5.80. The van der Waals surface area contributed by atoms with E-state index in [-0.39, 0.29) is 11.9 Å². The van der Waals surface area contributed by atoms with Crippen LogP contribution in [0, 0.1) is 5.82 Å². The fraction of sp³-hybridized carbons (Fsp3) is 0.333. The van der Waals surface area contributed by atoms with Gasteiger partial charge in [-0.15, -0.1) is 11.3 Å². The second kappa shape index (κ2) is 7.57. The largest absolute Gasteiger partial charge is 0.443 e. The summed E-state index contributed by atoms with van der Waals surface area (Å²) in [5, 5.41) is 4.70. The van der Waals surface area contributed by atoms with Crippen molar-refractivity contribution < 1.29 is 18.7 Å². The highest BCUT2D eigenvalue weighted by molar-refractivity contribution is 7.11. The predicted octanol–water partition coefficient (Wildman–Crippen LogP) is 3.84. The van der Waals surface area contributed by atoms with Crippen LogP contribution >= 0.6 is 11.3 Å². The number of carbonyl (C=O) groups is 2. The summed E-state index contributed by atoms with van der Waals surface area (Å²) in [5.74, 6) is -1.32. The van der Waals surface area contributed by atoms with Gasteiger partial charge in [-0.05, 0) is 36.4 Å². The molecule has 1 atom stereocenters. The average molecular weight is 347 g/mol. The Labute approximate surface area is 143 Å². The van der Waals surface area contributed by atoms with Crippen LogP contribution in [0.2, 0.25) is 0 Å². The minimum atomic E-state index is -1.08. The number of esters is 1. The van der Waals surface area contributed by atoms with E-state index in [0.29, 0.717) is 10.4 Å². The highest BCUT2D eigenvalue weighted by atomic mass is 32.1. The molecule has 1 aliphatic carbocycles. The molecular formula is C18H18FNO3S. The fourth-order valence-corrected chi connectivity index (χ4v) is 3.42. The lowest BCUT2D eigenvalue weighted by atomic mass is 10.1. The molecule has 1 heterocycles. The molecule has 1 saturated carbocycles. The number of hydrogen-bond donors (Lipinski definition) is 1. The predicted molar refractivity (Wildman–Crippen MR) is 89.3 cm³/mol. The smallest absolute Gasteiger partial charge is 0.349 e. The van der Waals surface area contributed by atoms with E-state index < -0.39 is 17.9 Å². The first kappa shape index (κ1) is 16.6.